The standard InChI is InChI=1S/C31H55BN4O12S/c1-5-22(20-37)48-29(44-4)21-47-28(42)8-6-7-24(38)33-11-12-34-26(40)10-15-45-17-18-46-16-13-35-25(39)9-14-36-27(41)19-23(30(36)43)49-31(2,3)32/h22-23,29,37H,5-21,32H2,1-4H3,(H,33,38)(H,34,40)(H,35,39). The van der Waals surface area contributed by atoms with E-state index in [1.807, 2.05) is 28.6 Å². The molecule has 49 heavy (non-hydrogen) atoms. The molecule has 1 aliphatic heterocycles. The molecule has 4 N–H and O–H groups in total. The number of thioether (sulfide) groups is 1. The van der Waals surface area contributed by atoms with Crippen LogP contribution in [0.15, 0.2) is 0 Å². The maximum Gasteiger partial charge on any atom is 0.305 e. The Labute approximate surface area is 294 Å². The van der Waals surface area contributed by atoms with Crippen molar-refractivity contribution in [2.45, 2.75) is 88.0 Å². The second kappa shape index (κ2) is 25.2. The monoisotopic (exact) mass is 718 g/mol. The molecule has 0 aliphatic carbocycles. The highest BCUT2D eigenvalue weighted by Gasteiger charge is 2.40. The molecule has 1 saturated heterocycles. The topological polar surface area (TPSA) is 208 Å². The van der Waals surface area contributed by atoms with Crippen molar-refractivity contribution in [1.82, 2.24) is 20.9 Å². The Morgan fingerprint density at radius 1 is 0.939 bits per heavy atom. The number of esters is 1. The van der Waals surface area contributed by atoms with Crippen molar-refractivity contribution in [3.8, 4) is 0 Å². The number of hydrogen-bond acceptors (Lipinski definition) is 13. The van der Waals surface area contributed by atoms with Gasteiger partial charge in [0, 0.05) is 65.4 Å². The molecule has 0 bridgehead atoms. The highest BCUT2D eigenvalue weighted by molar-refractivity contribution is 8.03. The largest absolute Gasteiger partial charge is 0.460 e. The van der Waals surface area contributed by atoms with Crippen LogP contribution in [0.2, 0.25) is 0 Å². The Balaban J connectivity index is 1.98. The summed E-state index contributed by atoms with van der Waals surface area (Å²) < 4.78 is 26.3. The van der Waals surface area contributed by atoms with Crippen LogP contribution >= 0.6 is 11.8 Å². The molecule has 1 heterocycles. The van der Waals surface area contributed by atoms with Crippen LogP contribution in [-0.2, 0) is 52.5 Å². The first kappa shape index (κ1) is 44.3. The van der Waals surface area contributed by atoms with E-state index in [0.717, 1.165) is 0 Å². The Bertz CT molecular complexity index is 1040. The number of amides is 5. The summed E-state index contributed by atoms with van der Waals surface area (Å²) in [4.78, 5) is 73.8. The normalized spacial score (nSPS) is 15.9. The Hall–Kier alpha value is -2.77. The molecule has 3 atom stereocenters. The van der Waals surface area contributed by atoms with Crippen LogP contribution in [0.5, 0.6) is 0 Å². The van der Waals surface area contributed by atoms with Crippen molar-refractivity contribution < 1.29 is 57.6 Å². The predicted molar refractivity (Wildman–Crippen MR) is 183 cm³/mol. The first-order valence-electron chi connectivity index (χ1n) is 16.7. The number of likely N-dealkylation sites (tertiary alicyclic amines) is 1. The third-order valence-electron chi connectivity index (χ3n) is 6.88. The number of aliphatic hydroxyl groups is 1. The quantitative estimate of drug-likeness (QED) is 0.0248. The minimum absolute atomic E-state index is 0.0286. The van der Waals surface area contributed by atoms with Crippen LogP contribution in [-0.4, -0.2) is 149 Å². The first-order valence-corrected chi connectivity index (χ1v) is 17.6. The third-order valence-corrected chi connectivity index (χ3v) is 8.24. The third kappa shape index (κ3) is 21.1. The number of ether oxygens (including phenoxy) is 5. The summed E-state index contributed by atoms with van der Waals surface area (Å²) in [5.74, 6) is -1.74. The number of hydrogen-bond donors (Lipinski definition) is 4. The lowest BCUT2D eigenvalue weighted by Gasteiger charge is -2.21. The number of aliphatic hydroxyl groups excluding tert-OH is 1. The molecule has 1 aliphatic rings. The van der Waals surface area contributed by atoms with Crippen molar-refractivity contribution in [2.24, 2.45) is 0 Å². The van der Waals surface area contributed by atoms with Gasteiger partial charge in [-0.2, -0.15) is 11.8 Å². The van der Waals surface area contributed by atoms with Gasteiger partial charge in [-0.25, -0.2) is 0 Å². The second-order valence-electron chi connectivity index (χ2n) is 12.1. The lowest BCUT2D eigenvalue weighted by molar-refractivity contribution is -0.194. The van der Waals surface area contributed by atoms with Gasteiger partial charge in [0.25, 0.3) is 0 Å². The van der Waals surface area contributed by atoms with E-state index in [2.05, 4.69) is 16.0 Å². The zero-order valence-corrected chi connectivity index (χ0v) is 30.4. The fraction of sp³-hybridized carbons (Fsp3) is 0.806. The molecule has 0 spiro atoms. The number of carbonyl (C=O) groups is 6. The number of methoxy groups -OCH3 is 1. The molecule has 0 aromatic heterocycles. The van der Waals surface area contributed by atoms with Gasteiger partial charge >= 0.3 is 5.97 Å². The van der Waals surface area contributed by atoms with Crippen LogP contribution in [0.25, 0.3) is 0 Å². The molecule has 0 radical (unpaired) electrons. The summed E-state index contributed by atoms with van der Waals surface area (Å²) in [6.45, 7) is 7.34. The summed E-state index contributed by atoms with van der Waals surface area (Å²) in [6.07, 6.45) is 0.178. The van der Waals surface area contributed by atoms with E-state index in [0.29, 0.717) is 12.8 Å². The van der Waals surface area contributed by atoms with Gasteiger partial charge in [-0.1, -0.05) is 20.8 Å². The van der Waals surface area contributed by atoms with Crippen LogP contribution in [0.3, 0.4) is 0 Å². The zero-order valence-electron chi connectivity index (χ0n) is 29.5. The molecular formula is C31H55BN4O12S. The number of rotatable bonds is 28. The minimum Gasteiger partial charge on any atom is -0.460 e. The fourth-order valence-electron chi connectivity index (χ4n) is 4.31. The maximum absolute atomic E-state index is 12.5. The number of imide groups is 1. The average molecular weight is 719 g/mol. The smallest absolute Gasteiger partial charge is 0.305 e. The molecule has 3 unspecified atom stereocenters. The molecule has 1 fully saturated rings. The van der Waals surface area contributed by atoms with Gasteiger partial charge in [-0.3, -0.25) is 33.7 Å². The summed E-state index contributed by atoms with van der Waals surface area (Å²) >= 11 is 1.46. The van der Waals surface area contributed by atoms with Gasteiger partial charge in [0.15, 0.2) is 6.29 Å². The maximum atomic E-state index is 12.5. The van der Waals surface area contributed by atoms with E-state index in [4.69, 9.17) is 23.7 Å². The van der Waals surface area contributed by atoms with Gasteiger partial charge in [-0.15, -0.1) is 0 Å². The lowest BCUT2D eigenvalue weighted by atomic mass is 9.91. The molecule has 16 nitrogen and oxygen atoms in total. The van der Waals surface area contributed by atoms with E-state index in [9.17, 15) is 33.9 Å². The van der Waals surface area contributed by atoms with Crippen molar-refractivity contribution >= 4 is 55.1 Å². The van der Waals surface area contributed by atoms with Crippen LogP contribution in [0, 0.1) is 0 Å². The molecular weight excluding hydrogens is 663 g/mol. The number of nitrogens with one attached hydrogen (secondary N) is 3. The van der Waals surface area contributed by atoms with Crippen LogP contribution in [0.4, 0.5) is 0 Å². The molecule has 0 saturated carbocycles. The summed E-state index contributed by atoms with van der Waals surface area (Å²) in [5.41, 5.74) is 0. The highest BCUT2D eigenvalue weighted by Crippen LogP contribution is 2.33. The Kier molecular flexibility index (Phi) is 22.8. The van der Waals surface area contributed by atoms with E-state index in [-0.39, 0.29) is 132 Å². The molecule has 1 rings (SSSR count). The molecule has 18 heteroatoms. The summed E-state index contributed by atoms with van der Waals surface area (Å²) in [5, 5.41) is 16.8. The number of carbonyl (C=O) groups excluding carboxylic acids is 6. The lowest BCUT2D eigenvalue weighted by Crippen LogP contribution is -2.36. The molecule has 280 valence electrons. The Morgan fingerprint density at radius 2 is 1.55 bits per heavy atom. The van der Waals surface area contributed by atoms with Crippen molar-refractivity contribution in [3.63, 3.8) is 0 Å². The van der Waals surface area contributed by atoms with Gasteiger partial charge in [0.2, 0.25) is 29.5 Å². The van der Waals surface area contributed by atoms with Gasteiger partial charge in [0.05, 0.1) is 44.4 Å². The van der Waals surface area contributed by atoms with Crippen molar-refractivity contribution in [1.29, 1.82) is 0 Å². The van der Waals surface area contributed by atoms with Gasteiger partial charge in [-0.05, 0) is 17.5 Å². The van der Waals surface area contributed by atoms with E-state index >= 15 is 0 Å². The van der Waals surface area contributed by atoms with Crippen molar-refractivity contribution in [3.05, 3.63) is 0 Å². The van der Waals surface area contributed by atoms with Crippen molar-refractivity contribution in [2.75, 3.05) is 72.9 Å². The fourth-order valence-corrected chi connectivity index (χ4v) is 5.62. The SMILES string of the molecule is BC(C)(C)SC1CC(=O)N(CCC(=O)NCCOCCOCCC(=O)NCCNC(=O)CCCC(=O)OCC(OC)OC(CC)CO)C1=O. The Morgan fingerprint density at radius 3 is 2.16 bits per heavy atom. The van der Waals surface area contributed by atoms with E-state index < -0.39 is 23.6 Å². The van der Waals surface area contributed by atoms with E-state index in [1.54, 1.807) is 0 Å². The summed E-state index contributed by atoms with van der Waals surface area (Å²) in [6, 6.07) is 0. The van der Waals surface area contributed by atoms with Gasteiger partial charge < -0.3 is 44.7 Å². The molecule has 0 aromatic carbocycles. The van der Waals surface area contributed by atoms with E-state index in [1.165, 1.54) is 23.8 Å². The average Bonchev–Trinajstić information content (AvgIpc) is 3.30. The van der Waals surface area contributed by atoms with Crippen LogP contribution in [0.1, 0.15) is 65.7 Å². The van der Waals surface area contributed by atoms with Crippen LogP contribution < -0.4 is 16.0 Å². The minimum atomic E-state index is -0.785. The van der Waals surface area contributed by atoms with Gasteiger partial charge in [0.1, 0.15) is 14.5 Å². The molecule has 5 amide bonds. The highest BCUT2D eigenvalue weighted by atomic mass is 32.2. The number of nitrogens with zero attached hydrogens (tertiary/aromatic N) is 1. The molecule has 0 aromatic rings. The predicted octanol–water partition coefficient (Wildman–Crippen LogP) is -1.15. The zero-order chi connectivity index (χ0) is 36.7. The second-order valence-corrected chi connectivity index (χ2v) is 14.2. The summed E-state index contributed by atoms with van der Waals surface area (Å²) in [7, 11) is 3.40. The first-order chi connectivity index (χ1) is 23.3.